The van der Waals surface area contributed by atoms with Gasteiger partial charge < -0.3 is 9.84 Å². The van der Waals surface area contributed by atoms with E-state index in [4.69, 9.17) is 4.74 Å². The molecule has 0 aliphatic carbocycles. The molecular formula is C21H22F3NO2. The maximum Gasteiger partial charge on any atom is 0.416 e. The highest BCUT2D eigenvalue weighted by Crippen LogP contribution is 2.31. The number of benzene rings is 2. The summed E-state index contributed by atoms with van der Waals surface area (Å²) in [7, 11) is 0. The molecule has 0 saturated carbocycles. The van der Waals surface area contributed by atoms with Gasteiger partial charge in [0.15, 0.2) is 6.23 Å². The number of hydrogen-bond donors (Lipinski definition) is 1. The molecule has 0 radical (unpaired) electrons. The van der Waals surface area contributed by atoms with Crippen molar-refractivity contribution >= 4 is 5.57 Å². The monoisotopic (exact) mass is 377 g/mol. The lowest BCUT2D eigenvalue weighted by molar-refractivity contribution is -0.137. The van der Waals surface area contributed by atoms with Gasteiger partial charge in [0.05, 0.1) is 5.56 Å². The number of halogens is 3. The highest BCUT2D eigenvalue weighted by Gasteiger charge is 2.31. The summed E-state index contributed by atoms with van der Waals surface area (Å²) < 4.78 is 43.9. The van der Waals surface area contributed by atoms with E-state index in [1.54, 1.807) is 6.92 Å². The first-order valence-electron chi connectivity index (χ1n) is 8.85. The highest BCUT2D eigenvalue weighted by atomic mass is 19.4. The first kappa shape index (κ1) is 19.5. The van der Waals surface area contributed by atoms with E-state index in [9.17, 15) is 18.3 Å². The molecule has 0 amide bonds. The molecule has 0 bridgehead atoms. The van der Waals surface area contributed by atoms with E-state index in [0.29, 0.717) is 18.8 Å². The molecule has 0 spiro atoms. The quantitative estimate of drug-likeness (QED) is 0.828. The van der Waals surface area contributed by atoms with Crippen LogP contribution in [0, 0.1) is 0 Å². The summed E-state index contributed by atoms with van der Waals surface area (Å²) in [5.74, 6) is 0.298. The van der Waals surface area contributed by atoms with Gasteiger partial charge in [0.25, 0.3) is 0 Å². The lowest BCUT2D eigenvalue weighted by Gasteiger charge is -2.35. The molecule has 0 saturated heterocycles. The molecule has 6 heteroatoms. The second-order valence-corrected chi connectivity index (χ2v) is 6.61. The molecule has 3 rings (SSSR count). The Balaban J connectivity index is 1.69. The fourth-order valence-corrected chi connectivity index (χ4v) is 3.17. The third-order valence-electron chi connectivity index (χ3n) is 4.60. The van der Waals surface area contributed by atoms with E-state index in [-0.39, 0.29) is 0 Å². The van der Waals surface area contributed by atoms with Crippen molar-refractivity contribution in [2.45, 2.75) is 31.9 Å². The Morgan fingerprint density at radius 2 is 1.70 bits per heavy atom. The fraction of sp³-hybridized carbons (Fsp3) is 0.333. The van der Waals surface area contributed by atoms with Gasteiger partial charge in [0, 0.05) is 13.1 Å². The van der Waals surface area contributed by atoms with Crippen molar-refractivity contribution < 1.29 is 23.0 Å². The van der Waals surface area contributed by atoms with Crippen LogP contribution in [-0.2, 0) is 6.18 Å². The van der Waals surface area contributed by atoms with Gasteiger partial charge in [-0.05, 0) is 48.7 Å². The van der Waals surface area contributed by atoms with Gasteiger partial charge in [-0.2, -0.15) is 13.2 Å². The smallest absolute Gasteiger partial charge is 0.416 e. The number of rotatable bonds is 5. The minimum absolute atomic E-state index is 0.298. The van der Waals surface area contributed by atoms with Crippen molar-refractivity contribution in [1.29, 1.82) is 0 Å². The van der Waals surface area contributed by atoms with Crippen LogP contribution < -0.4 is 4.74 Å². The summed E-state index contributed by atoms with van der Waals surface area (Å²) in [6, 6.07) is 14.6. The third kappa shape index (κ3) is 4.90. The van der Waals surface area contributed by atoms with Crippen molar-refractivity contribution in [3.8, 4) is 5.75 Å². The number of aliphatic hydroxyl groups is 1. The summed E-state index contributed by atoms with van der Waals surface area (Å²) in [5.41, 5.74) is 1.69. The van der Waals surface area contributed by atoms with Crippen LogP contribution in [0.2, 0.25) is 0 Å². The minimum Gasteiger partial charge on any atom is -0.472 e. The second kappa shape index (κ2) is 8.15. The molecule has 3 nitrogen and oxygen atoms in total. The van der Waals surface area contributed by atoms with Crippen LogP contribution in [0.5, 0.6) is 5.75 Å². The highest BCUT2D eigenvalue weighted by molar-refractivity contribution is 5.66. The van der Waals surface area contributed by atoms with Crippen LogP contribution in [0.15, 0.2) is 60.7 Å². The van der Waals surface area contributed by atoms with E-state index in [2.05, 4.69) is 18.2 Å². The summed E-state index contributed by atoms with van der Waals surface area (Å²) in [6.45, 7) is 2.91. The molecule has 1 N–H and O–H groups in total. The summed E-state index contributed by atoms with van der Waals surface area (Å²) in [6.07, 6.45) is -2.89. The SMILES string of the molecule is CC(O)C(Oc1ccc(C(F)(F)F)cc1)N1CC=C(c2ccccc2)CC1. The Labute approximate surface area is 156 Å². The standard InChI is InChI=1S/C21H22F3NO2/c1-15(26)20(27-19-9-7-18(8-10-19)21(22,23)24)25-13-11-17(12-14-25)16-5-3-2-4-6-16/h2-11,15,20,26H,12-14H2,1H3. The van der Waals surface area contributed by atoms with Crippen LogP contribution in [0.25, 0.3) is 5.57 Å². The van der Waals surface area contributed by atoms with E-state index >= 15 is 0 Å². The van der Waals surface area contributed by atoms with Crippen LogP contribution in [0.3, 0.4) is 0 Å². The van der Waals surface area contributed by atoms with Gasteiger partial charge in [0.2, 0.25) is 0 Å². The molecular weight excluding hydrogens is 355 g/mol. The molecule has 144 valence electrons. The third-order valence-corrected chi connectivity index (χ3v) is 4.60. The zero-order valence-corrected chi connectivity index (χ0v) is 15.0. The van der Waals surface area contributed by atoms with Crippen LogP contribution >= 0.6 is 0 Å². The van der Waals surface area contributed by atoms with Gasteiger partial charge in [0.1, 0.15) is 11.9 Å². The molecule has 0 fully saturated rings. The van der Waals surface area contributed by atoms with Gasteiger partial charge in [-0.1, -0.05) is 36.4 Å². The summed E-state index contributed by atoms with van der Waals surface area (Å²) in [5, 5.41) is 10.1. The Bertz CT molecular complexity index is 770. The predicted molar refractivity (Wildman–Crippen MR) is 98.1 cm³/mol. The van der Waals surface area contributed by atoms with Crippen molar-refractivity contribution in [3.63, 3.8) is 0 Å². The zero-order chi connectivity index (χ0) is 19.4. The largest absolute Gasteiger partial charge is 0.472 e. The normalized spacial score (nSPS) is 17.9. The van der Waals surface area contributed by atoms with Crippen molar-refractivity contribution in [2.75, 3.05) is 13.1 Å². The van der Waals surface area contributed by atoms with E-state index in [0.717, 1.165) is 18.6 Å². The van der Waals surface area contributed by atoms with Crippen LogP contribution in [0.1, 0.15) is 24.5 Å². The first-order chi connectivity index (χ1) is 12.8. The Morgan fingerprint density at radius 1 is 1.04 bits per heavy atom. The van der Waals surface area contributed by atoms with Gasteiger partial charge >= 0.3 is 6.18 Å². The number of aliphatic hydroxyl groups excluding tert-OH is 1. The van der Waals surface area contributed by atoms with Crippen molar-refractivity contribution in [2.24, 2.45) is 0 Å². The van der Waals surface area contributed by atoms with Gasteiger partial charge in [-0.3, -0.25) is 4.90 Å². The van der Waals surface area contributed by atoms with Gasteiger partial charge in [-0.25, -0.2) is 0 Å². The molecule has 0 aromatic heterocycles. The Morgan fingerprint density at radius 3 is 2.22 bits per heavy atom. The Kier molecular flexibility index (Phi) is 5.87. The molecule has 1 aliphatic heterocycles. The van der Waals surface area contributed by atoms with Gasteiger partial charge in [-0.15, -0.1) is 0 Å². The second-order valence-electron chi connectivity index (χ2n) is 6.61. The maximum absolute atomic E-state index is 12.7. The molecule has 2 aromatic rings. The average Bonchev–Trinajstić information content (AvgIpc) is 2.66. The molecule has 2 unspecified atom stereocenters. The predicted octanol–water partition coefficient (Wildman–Crippen LogP) is 4.58. The van der Waals surface area contributed by atoms with E-state index in [1.165, 1.54) is 23.3 Å². The molecule has 1 aliphatic rings. The Hall–Kier alpha value is -2.31. The number of alkyl halides is 3. The van der Waals surface area contributed by atoms with Crippen molar-refractivity contribution in [3.05, 3.63) is 71.8 Å². The lowest BCUT2D eigenvalue weighted by Crippen LogP contribution is -2.48. The topological polar surface area (TPSA) is 32.7 Å². The maximum atomic E-state index is 12.7. The number of nitrogens with zero attached hydrogens (tertiary/aromatic N) is 1. The summed E-state index contributed by atoms with van der Waals surface area (Å²) in [4.78, 5) is 1.98. The number of hydrogen-bond acceptors (Lipinski definition) is 3. The van der Waals surface area contributed by atoms with Crippen LogP contribution in [0.4, 0.5) is 13.2 Å². The number of ether oxygens (including phenoxy) is 1. The fourth-order valence-electron chi connectivity index (χ4n) is 3.17. The van der Waals surface area contributed by atoms with Crippen LogP contribution in [-0.4, -0.2) is 35.4 Å². The minimum atomic E-state index is -4.38. The van der Waals surface area contributed by atoms with E-state index < -0.39 is 24.1 Å². The first-order valence-corrected chi connectivity index (χ1v) is 8.85. The van der Waals surface area contributed by atoms with Crippen molar-refractivity contribution in [1.82, 2.24) is 4.90 Å². The molecule has 1 heterocycles. The molecule has 2 aromatic carbocycles. The van der Waals surface area contributed by atoms with E-state index in [1.807, 2.05) is 23.1 Å². The average molecular weight is 377 g/mol. The zero-order valence-electron chi connectivity index (χ0n) is 15.0. The lowest BCUT2D eigenvalue weighted by atomic mass is 9.99. The molecule has 2 atom stereocenters. The summed E-state index contributed by atoms with van der Waals surface area (Å²) >= 11 is 0. The molecule has 27 heavy (non-hydrogen) atoms.